The Kier molecular flexibility index (Phi) is 5.82. The zero-order chi connectivity index (χ0) is 24.9. The summed E-state index contributed by atoms with van der Waals surface area (Å²) in [7, 11) is 1.85. The van der Waals surface area contributed by atoms with Gasteiger partial charge in [0.1, 0.15) is 11.6 Å². The van der Waals surface area contributed by atoms with E-state index < -0.39 is 0 Å². The van der Waals surface area contributed by atoms with Gasteiger partial charge in [-0.15, -0.1) is 0 Å². The number of fused-ring (bicyclic) bond motifs is 4. The quantitative estimate of drug-likeness (QED) is 0.569. The van der Waals surface area contributed by atoms with Crippen LogP contribution in [-0.4, -0.2) is 70.0 Å². The van der Waals surface area contributed by atoms with Crippen LogP contribution in [0.25, 0.3) is 11.0 Å². The van der Waals surface area contributed by atoms with Gasteiger partial charge in [-0.2, -0.15) is 0 Å². The Morgan fingerprint density at radius 1 is 1.03 bits per heavy atom. The summed E-state index contributed by atoms with van der Waals surface area (Å²) in [4.78, 5) is 37.1. The molecule has 2 fully saturated rings. The van der Waals surface area contributed by atoms with Gasteiger partial charge in [0, 0.05) is 56.7 Å². The van der Waals surface area contributed by atoms with Crippen LogP contribution in [0.3, 0.4) is 0 Å². The molecule has 3 aliphatic rings. The van der Waals surface area contributed by atoms with Crippen molar-refractivity contribution in [3.05, 3.63) is 30.1 Å². The Bertz CT molecular complexity index is 1250. The smallest absolute Gasteiger partial charge is 0.229 e. The lowest BCUT2D eigenvalue weighted by molar-refractivity contribution is -0.120. The molecule has 9 nitrogen and oxygen atoms in total. The molecule has 1 amide bonds. The molecular formula is C27H36N8O. The van der Waals surface area contributed by atoms with E-state index in [0.29, 0.717) is 18.4 Å². The van der Waals surface area contributed by atoms with Crippen molar-refractivity contribution in [2.45, 2.75) is 63.8 Å². The van der Waals surface area contributed by atoms with Crippen molar-refractivity contribution in [2.24, 2.45) is 0 Å². The van der Waals surface area contributed by atoms with Crippen LogP contribution in [0.4, 0.5) is 23.3 Å². The molecule has 2 N–H and O–H groups in total. The number of nitrogens with one attached hydrogen (secondary N) is 2. The Balaban J connectivity index is 1.25. The minimum Gasteiger partial charge on any atom is -0.368 e. The lowest BCUT2D eigenvalue weighted by Gasteiger charge is -2.42. The van der Waals surface area contributed by atoms with Crippen molar-refractivity contribution in [3.63, 3.8) is 0 Å². The highest BCUT2D eigenvalue weighted by Gasteiger charge is 2.45. The molecule has 3 aromatic heterocycles. The summed E-state index contributed by atoms with van der Waals surface area (Å²) in [5.74, 6) is 2.32. The molecule has 0 unspecified atom stereocenters. The van der Waals surface area contributed by atoms with Crippen LogP contribution in [0.5, 0.6) is 0 Å². The van der Waals surface area contributed by atoms with Crippen LogP contribution in [0, 0.1) is 0 Å². The number of rotatable bonds is 4. The maximum Gasteiger partial charge on any atom is 0.229 e. The first-order chi connectivity index (χ1) is 17.4. The molecule has 1 aliphatic carbocycles. The molecular weight excluding hydrogens is 452 g/mol. The molecule has 0 radical (unpaired) electrons. The first-order valence-electron chi connectivity index (χ1n) is 13.3. The third kappa shape index (κ3) is 3.99. The number of nitrogens with zero attached hydrogens (tertiary/aromatic N) is 6. The number of carbonyl (C=O) groups excluding carboxylic acids is 1. The third-order valence-electron chi connectivity index (χ3n) is 8.45. The average Bonchev–Trinajstić information content (AvgIpc) is 3.29. The largest absolute Gasteiger partial charge is 0.368 e. The van der Waals surface area contributed by atoms with Gasteiger partial charge in [0.2, 0.25) is 11.9 Å². The Hall–Kier alpha value is -3.20. The van der Waals surface area contributed by atoms with Crippen molar-refractivity contribution in [2.75, 3.05) is 48.3 Å². The summed E-state index contributed by atoms with van der Waals surface area (Å²) in [5, 5.41) is 3.30. The topological polar surface area (TPSA) is 93.3 Å². The second-order valence-electron chi connectivity index (χ2n) is 10.9. The van der Waals surface area contributed by atoms with Gasteiger partial charge in [0.05, 0.1) is 29.1 Å². The Labute approximate surface area is 212 Å². The van der Waals surface area contributed by atoms with E-state index >= 15 is 0 Å². The van der Waals surface area contributed by atoms with Crippen LogP contribution >= 0.6 is 0 Å². The summed E-state index contributed by atoms with van der Waals surface area (Å²) >= 11 is 0. The minimum atomic E-state index is -0.124. The molecule has 0 atom stereocenters. The number of piperazine rings is 1. The van der Waals surface area contributed by atoms with E-state index in [1.165, 1.54) is 12.0 Å². The van der Waals surface area contributed by atoms with Crippen LogP contribution in [0.15, 0.2) is 24.5 Å². The standard InChI is InChI=1S/C27H36N8O/c1-18(2)34-11-13-35(14-12-34)19-7-8-21(28-16-19)31-26-29-17-20-24(32-26)23-25(30-20)33(3)22(36)15-27(23)9-5-4-6-10-27/h7-8,16-18,30H,4-6,9-15H2,1-3H3,(H,28,29,31,32). The summed E-state index contributed by atoms with van der Waals surface area (Å²) in [6, 6.07) is 4.71. The van der Waals surface area contributed by atoms with E-state index in [1.54, 1.807) is 4.90 Å². The fourth-order valence-corrected chi connectivity index (χ4v) is 6.31. The lowest BCUT2D eigenvalue weighted by atomic mass is 9.66. The number of aromatic amines is 1. The lowest BCUT2D eigenvalue weighted by Crippen LogP contribution is -2.48. The molecule has 3 aromatic rings. The number of H-pyrrole nitrogens is 1. The fourth-order valence-electron chi connectivity index (χ4n) is 6.31. The molecule has 6 rings (SSSR count). The molecule has 1 saturated heterocycles. The van der Waals surface area contributed by atoms with Gasteiger partial charge in [-0.05, 0) is 38.8 Å². The SMILES string of the molecule is CC(C)N1CCN(c2ccc(Nc3ncc4[nH]c5c(c4n3)C3(CCCCC3)CC(=O)N5C)nc2)CC1. The zero-order valence-corrected chi connectivity index (χ0v) is 21.5. The molecule has 9 heteroatoms. The van der Waals surface area contributed by atoms with Gasteiger partial charge in [-0.3, -0.25) is 9.69 Å². The number of aromatic nitrogens is 4. The van der Waals surface area contributed by atoms with Crippen molar-refractivity contribution in [3.8, 4) is 0 Å². The maximum absolute atomic E-state index is 12.8. The number of pyridine rings is 1. The third-order valence-corrected chi connectivity index (χ3v) is 8.45. The van der Waals surface area contributed by atoms with E-state index in [2.05, 4.69) is 50.0 Å². The molecule has 0 aromatic carbocycles. The second kappa shape index (κ2) is 9.03. The van der Waals surface area contributed by atoms with Gasteiger partial charge >= 0.3 is 0 Å². The van der Waals surface area contributed by atoms with E-state index in [-0.39, 0.29) is 11.3 Å². The van der Waals surface area contributed by atoms with Crippen molar-refractivity contribution >= 4 is 40.2 Å². The number of amides is 1. The number of hydrogen-bond donors (Lipinski definition) is 2. The highest BCUT2D eigenvalue weighted by atomic mass is 16.2. The van der Waals surface area contributed by atoms with Gasteiger partial charge < -0.3 is 20.1 Å². The van der Waals surface area contributed by atoms with Crippen molar-refractivity contribution in [1.82, 2.24) is 24.8 Å². The minimum absolute atomic E-state index is 0.124. The second-order valence-corrected chi connectivity index (χ2v) is 10.9. The predicted octanol–water partition coefficient (Wildman–Crippen LogP) is 4.20. The molecule has 1 spiro atoms. The normalized spacial score (nSPS) is 20.4. The number of hydrogen-bond acceptors (Lipinski definition) is 7. The fraction of sp³-hybridized carbons (Fsp3) is 0.556. The number of carbonyl (C=O) groups is 1. The van der Waals surface area contributed by atoms with Gasteiger partial charge in [0.25, 0.3) is 0 Å². The maximum atomic E-state index is 12.8. The van der Waals surface area contributed by atoms with Crippen LogP contribution in [-0.2, 0) is 10.2 Å². The van der Waals surface area contributed by atoms with Gasteiger partial charge in [-0.25, -0.2) is 15.0 Å². The van der Waals surface area contributed by atoms with Crippen LogP contribution in [0.2, 0.25) is 0 Å². The average molecular weight is 489 g/mol. The molecule has 1 saturated carbocycles. The first-order valence-corrected chi connectivity index (χ1v) is 13.3. The van der Waals surface area contributed by atoms with E-state index in [9.17, 15) is 4.79 Å². The summed E-state index contributed by atoms with van der Waals surface area (Å²) in [6.07, 6.45) is 9.93. The Morgan fingerprint density at radius 3 is 2.50 bits per heavy atom. The van der Waals surface area contributed by atoms with Crippen LogP contribution in [0.1, 0.15) is 57.9 Å². The number of anilines is 4. The molecule has 5 heterocycles. The van der Waals surface area contributed by atoms with E-state index in [0.717, 1.165) is 80.2 Å². The molecule has 0 bridgehead atoms. The van der Waals surface area contributed by atoms with Crippen LogP contribution < -0.4 is 15.1 Å². The van der Waals surface area contributed by atoms with Crippen molar-refractivity contribution in [1.29, 1.82) is 0 Å². The highest BCUT2D eigenvalue weighted by Crippen LogP contribution is 2.51. The molecule has 190 valence electrons. The monoisotopic (exact) mass is 488 g/mol. The molecule has 36 heavy (non-hydrogen) atoms. The highest BCUT2D eigenvalue weighted by molar-refractivity contribution is 6.02. The van der Waals surface area contributed by atoms with Gasteiger partial charge in [-0.1, -0.05) is 19.3 Å². The van der Waals surface area contributed by atoms with Gasteiger partial charge in [0.15, 0.2) is 0 Å². The summed E-state index contributed by atoms with van der Waals surface area (Å²) < 4.78 is 0. The first kappa shape index (κ1) is 23.2. The zero-order valence-electron chi connectivity index (χ0n) is 21.5. The summed E-state index contributed by atoms with van der Waals surface area (Å²) in [5.41, 5.74) is 4.01. The summed E-state index contributed by atoms with van der Waals surface area (Å²) in [6.45, 7) is 8.71. The Morgan fingerprint density at radius 2 is 1.81 bits per heavy atom. The van der Waals surface area contributed by atoms with Crippen molar-refractivity contribution < 1.29 is 4.79 Å². The molecule has 2 aliphatic heterocycles. The predicted molar refractivity (Wildman–Crippen MR) is 143 cm³/mol. The van der Waals surface area contributed by atoms with E-state index in [4.69, 9.17) is 4.98 Å². The van der Waals surface area contributed by atoms with E-state index in [1.807, 2.05) is 25.5 Å².